The van der Waals surface area contributed by atoms with Gasteiger partial charge in [0.05, 0.1) is 10.4 Å². The second kappa shape index (κ2) is 6.68. The maximum Gasteiger partial charge on any atom is 0.225 e. The van der Waals surface area contributed by atoms with Gasteiger partial charge in [0.15, 0.2) is 12.2 Å². The van der Waals surface area contributed by atoms with Gasteiger partial charge in [0.25, 0.3) is 0 Å². The predicted octanol–water partition coefficient (Wildman–Crippen LogP) is 1.33. The molecule has 0 aliphatic heterocycles. The molecular formula is C12H17ClN3OS+. The zero-order valence-electron chi connectivity index (χ0n) is 10.2. The number of rotatable bonds is 4. The first-order chi connectivity index (χ1) is 8.22. The van der Waals surface area contributed by atoms with Gasteiger partial charge in [-0.3, -0.25) is 0 Å². The minimum atomic E-state index is 0. The molecule has 2 aromatic heterocycles. The van der Waals surface area contributed by atoms with Crippen molar-refractivity contribution in [2.45, 2.75) is 19.9 Å². The summed E-state index contributed by atoms with van der Waals surface area (Å²) in [6, 6.07) is 3.88. The maximum atomic E-state index is 8.95. The normalized spacial score (nSPS) is 10.1. The highest BCUT2D eigenvalue weighted by Gasteiger charge is 2.16. The summed E-state index contributed by atoms with van der Waals surface area (Å²) in [6.07, 6.45) is 2.41. The van der Waals surface area contributed by atoms with Crippen LogP contribution in [0.2, 0.25) is 0 Å². The van der Waals surface area contributed by atoms with Crippen LogP contribution in [0.15, 0.2) is 23.8 Å². The fraction of sp³-hybridized carbons (Fsp3) is 0.333. The molecule has 4 nitrogen and oxygen atoms in total. The highest BCUT2D eigenvalue weighted by molar-refractivity contribution is 7.09. The van der Waals surface area contributed by atoms with Crippen molar-refractivity contribution in [3.8, 4) is 0 Å². The number of aliphatic hydroxyl groups excluding tert-OH is 1. The van der Waals surface area contributed by atoms with Gasteiger partial charge in [-0.05, 0) is 12.1 Å². The molecular weight excluding hydrogens is 270 g/mol. The second-order valence-corrected chi connectivity index (χ2v) is 4.82. The van der Waals surface area contributed by atoms with E-state index in [9.17, 15) is 0 Å². The van der Waals surface area contributed by atoms with E-state index in [0.29, 0.717) is 12.2 Å². The third kappa shape index (κ3) is 3.19. The zero-order chi connectivity index (χ0) is 12.3. The number of nitrogens with zero attached hydrogens (tertiary/aromatic N) is 2. The monoisotopic (exact) mass is 286 g/mol. The molecule has 2 aromatic rings. The fourth-order valence-electron chi connectivity index (χ4n) is 1.72. The average molecular weight is 287 g/mol. The Balaban J connectivity index is 0.00000162. The number of thiazole rings is 1. The first-order valence-corrected chi connectivity index (χ1v) is 6.37. The van der Waals surface area contributed by atoms with Gasteiger partial charge in [0.1, 0.15) is 5.82 Å². The number of halogens is 1. The molecule has 2 rings (SSSR count). The van der Waals surface area contributed by atoms with E-state index in [-0.39, 0.29) is 19.0 Å². The molecule has 0 aliphatic carbocycles. The molecule has 0 amide bonds. The molecule has 0 radical (unpaired) electrons. The number of anilines is 1. The zero-order valence-corrected chi connectivity index (χ0v) is 11.8. The molecule has 18 heavy (non-hydrogen) atoms. The van der Waals surface area contributed by atoms with Crippen LogP contribution in [0.4, 0.5) is 5.82 Å². The predicted molar refractivity (Wildman–Crippen MR) is 75.0 cm³/mol. The van der Waals surface area contributed by atoms with E-state index in [0.717, 1.165) is 12.1 Å². The van der Waals surface area contributed by atoms with Gasteiger partial charge >= 0.3 is 0 Å². The molecule has 0 bridgehead atoms. The number of aromatic nitrogens is 2. The molecule has 0 saturated carbocycles. The van der Waals surface area contributed by atoms with Crippen LogP contribution in [0.5, 0.6) is 0 Å². The molecule has 3 N–H and O–H groups in total. The SMILES string of the molecule is Cc1c(CCO)sc[n+]1Cc1cccnc1N.Cl. The second-order valence-electron chi connectivity index (χ2n) is 3.88. The minimum Gasteiger partial charge on any atom is -0.396 e. The van der Waals surface area contributed by atoms with Crippen molar-refractivity contribution in [1.29, 1.82) is 0 Å². The van der Waals surface area contributed by atoms with Crippen LogP contribution in [-0.4, -0.2) is 16.7 Å². The Morgan fingerprint density at radius 3 is 2.94 bits per heavy atom. The van der Waals surface area contributed by atoms with E-state index in [1.54, 1.807) is 17.5 Å². The van der Waals surface area contributed by atoms with Crippen molar-refractivity contribution >= 4 is 29.6 Å². The van der Waals surface area contributed by atoms with Gasteiger partial charge in [-0.1, -0.05) is 11.3 Å². The lowest BCUT2D eigenvalue weighted by atomic mass is 10.2. The van der Waals surface area contributed by atoms with Crippen molar-refractivity contribution in [3.63, 3.8) is 0 Å². The molecule has 0 saturated heterocycles. The summed E-state index contributed by atoms with van der Waals surface area (Å²) in [6.45, 7) is 2.98. The van der Waals surface area contributed by atoms with Crippen LogP contribution in [0.1, 0.15) is 16.1 Å². The molecule has 0 unspecified atom stereocenters. The van der Waals surface area contributed by atoms with Crippen molar-refractivity contribution in [2.75, 3.05) is 12.3 Å². The molecule has 0 atom stereocenters. The highest BCUT2D eigenvalue weighted by atomic mass is 35.5. The number of pyridine rings is 1. The Labute approximate surface area is 117 Å². The van der Waals surface area contributed by atoms with Crippen LogP contribution in [0, 0.1) is 6.92 Å². The average Bonchev–Trinajstić information content (AvgIpc) is 2.65. The summed E-state index contributed by atoms with van der Waals surface area (Å²) in [5, 5.41) is 8.95. The Kier molecular flexibility index (Phi) is 5.53. The van der Waals surface area contributed by atoms with E-state index < -0.39 is 0 Å². The summed E-state index contributed by atoms with van der Waals surface area (Å²) >= 11 is 1.67. The van der Waals surface area contributed by atoms with E-state index >= 15 is 0 Å². The highest BCUT2D eigenvalue weighted by Crippen LogP contribution is 2.13. The number of hydrogen-bond acceptors (Lipinski definition) is 4. The molecule has 0 spiro atoms. The van der Waals surface area contributed by atoms with Crippen LogP contribution in [0.25, 0.3) is 0 Å². The van der Waals surface area contributed by atoms with E-state index in [1.165, 1.54) is 10.6 Å². The lowest BCUT2D eigenvalue weighted by Crippen LogP contribution is -2.35. The molecule has 0 aliphatic rings. The van der Waals surface area contributed by atoms with Crippen molar-refractivity contribution in [1.82, 2.24) is 4.98 Å². The van der Waals surface area contributed by atoms with E-state index in [1.807, 2.05) is 12.1 Å². The third-order valence-corrected chi connectivity index (χ3v) is 3.91. The summed E-state index contributed by atoms with van der Waals surface area (Å²) in [5.41, 5.74) is 10.1. The molecule has 6 heteroatoms. The number of nitrogen functional groups attached to an aromatic ring is 1. The standard InChI is InChI=1S/C12H16N3OS.ClH/c1-9-11(4-6-16)17-8-15(9)7-10-3-2-5-14-12(10)13;/h2-3,5,8,16H,4,6-7H2,1H3,(H2,13,14);1H/q+1;. The molecule has 98 valence electrons. The Bertz CT molecular complexity index is 516. The molecule has 0 aromatic carbocycles. The van der Waals surface area contributed by atoms with E-state index in [2.05, 4.69) is 22.0 Å². The van der Waals surface area contributed by atoms with Gasteiger partial charge in [0, 0.05) is 26.1 Å². The molecule has 2 heterocycles. The lowest BCUT2D eigenvalue weighted by Gasteiger charge is -2.00. The maximum absolute atomic E-state index is 8.95. The van der Waals surface area contributed by atoms with Gasteiger partial charge in [0.2, 0.25) is 5.51 Å². The largest absolute Gasteiger partial charge is 0.396 e. The lowest BCUT2D eigenvalue weighted by molar-refractivity contribution is -0.689. The summed E-state index contributed by atoms with van der Waals surface area (Å²) in [5.74, 6) is 0.578. The van der Waals surface area contributed by atoms with Gasteiger partial charge in [-0.25, -0.2) is 4.98 Å². The minimum absolute atomic E-state index is 0. The first-order valence-electron chi connectivity index (χ1n) is 5.49. The van der Waals surface area contributed by atoms with Crippen LogP contribution < -0.4 is 10.3 Å². The Morgan fingerprint density at radius 1 is 1.50 bits per heavy atom. The van der Waals surface area contributed by atoms with Crippen molar-refractivity contribution in [2.24, 2.45) is 0 Å². The number of nitrogens with two attached hydrogens (primary N) is 1. The molecule has 0 fully saturated rings. The number of aliphatic hydroxyl groups is 1. The smallest absolute Gasteiger partial charge is 0.225 e. The summed E-state index contributed by atoms with van der Waals surface area (Å²) < 4.78 is 2.14. The summed E-state index contributed by atoms with van der Waals surface area (Å²) in [4.78, 5) is 5.29. The van der Waals surface area contributed by atoms with Crippen LogP contribution in [0.3, 0.4) is 0 Å². The summed E-state index contributed by atoms with van der Waals surface area (Å²) in [7, 11) is 0. The van der Waals surface area contributed by atoms with Gasteiger partial charge in [-0.2, -0.15) is 4.57 Å². The Morgan fingerprint density at radius 2 is 2.28 bits per heavy atom. The van der Waals surface area contributed by atoms with Crippen molar-refractivity contribution < 1.29 is 9.67 Å². The third-order valence-electron chi connectivity index (χ3n) is 2.76. The van der Waals surface area contributed by atoms with Crippen LogP contribution in [-0.2, 0) is 13.0 Å². The first kappa shape index (κ1) is 14.9. The fourth-order valence-corrected chi connectivity index (χ4v) is 2.70. The quantitative estimate of drug-likeness (QED) is 0.834. The Hall–Kier alpha value is -1.17. The number of hydrogen-bond donors (Lipinski definition) is 2. The van der Waals surface area contributed by atoms with Gasteiger partial charge < -0.3 is 10.8 Å². The van der Waals surface area contributed by atoms with Crippen LogP contribution >= 0.6 is 23.7 Å². The van der Waals surface area contributed by atoms with Crippen molar-refractivity contribution in [3.05, 3.63) is 40.0 Å². The topological polar surface area (TPSA) is 63.0 Å². The van der Waals surface area contributed by atoms with E-state index in [4.69, 9.17) is 10.8 Å². The van der Waals surface area contributed by atoms with Gasteiger partial charge in [-0.15, -0.1) is 12.4 Å².